The first-order valence-corrected chi connectivity index (χ1v) is 5.99. The Morgan fingerprint density at radius 3 is 2.63 bits per heavy atom. The summed E-state index contributed by atoms with van der Waals surface area (Å²) in [6.07, 6.45) is 3.91. The van der Waals surface area contributed by atoms with Gasteiger partial charge in [-0.2, -0.15) is 0 Å². The highest BCUT2D eigenvalue weighted by Crippen LogP contribution is 2.08. The molecule has 0 unspecified atom stereocenters. The third-order valence-corrected chi connectivity index (χ3v) is 2.45. The molecule has 102 valence electrons. The van der Waals surface area contributed by atoms with Crippen molar-refractivity contribution in [2.24, 2.45) is 0 Å². The molecule has 0 saturated heterocycles. The lowest BCUT2D eigenvalue weighted by Gasteiger charge is -2.03. The molecule has 0 fully saturated rings. The van der Waals surface area contributed by atoms with Crippen LogP contribution < -0.4 is 5.32 Å². The number of rotatable bonds is 6. The molecule has 0 aliphatic carbocycles. The maximum Gasteiger partial charge on any atom is 0.287 e. The van der Waals surface area contributed by atoms with E-state index in [0.29, 0.717) is 0 Å². The van der Waals surface area contributed by atoms with Gasteiger partial charge in [-0.25, -0.2) is 4.98 Å². The predicted molar refractivity (Wildman–Crippen MR) is 67.5 cm³/mol. The van der Waals surface area contributed by atoms with E-state index in [4.69, 9.17) is 0 Å². The van der Waals surface area contributed by atoms with Gasteiger partial charge in [0.05, 0.1) is 4.92 Å². The molecule has 0 aromatic carbocycles. The van der Waals surface area contributed by atoms with Gasteiger partial charge in [-0.1, -0.05) is 19.8 Å². The Morgan fingerprint density at radius 2 is 2.11 bits per heavy atom. The van der Waals surface area contributed by atoms with Gasteiger partial charge in [-0.05, 0) is 12.5 Å². The van der Waals surface area contributed by atoms with E-state index in [1.54, 1.807) is 0 Å². The smallest absolute Gasteiger partial charge is 0.287 e. The summed E-state index contributed by atoms with van der Waals surface area (Å²) in [5.74, 6) is -1.00. The van der Waals surface area contributed by atoms with Crippen LogP contribution in [0.25, 0.3) is 0 Å². The third kappa shape index (κ3) is 4.82. The fraction of sp³-hybridized carbons (Fsp3) is 0.417. The monoisotopic (exact) mass is 265 g/mol. The number of carbonyl (C=O) groups excluding carboxylic acids is 2. The molecule has 1 heterocycles. The minimum Gasteiger partial charge on any atom is -0.291 e. The van der Waals surface area contributed by atoms with Crippen molar-refractivity contribution < 1.29 is 14.5 Å². The van der Waals surface area contributed by atoms with Crippen LogP contribution in [0.3, 0.4) is 0 Å². The van der Waals surface area contributed by atoms with E-state index in [1.807, 2.05) is 6.92 Å². The van der Waals surface area contributed by atoms with Crippen LogP contribution in [0.2, 0.25) is 0 Å². The molecule has 1 aromatic rings. The molecule has 0 atom stereocenters. The second kappa shape index (κ2) is 7.20. The van der Waals surface area contributed by atoms with Crippen molar-refractivity contribution in [2.75, 3.05) is 0 Å². The lowest BCUT2D eigenvalue weighted by atomic mass is 10.2. The van der Waals surface area contributed by atoms with Crippen LogP contribution in [0.15, 0.2) is 18.3 Å². The average molecular weight is 265 g/mol. The highest BCUT2D eigenvalue weighted by atomic mass is 16.6. The molecule has 0 radical (unpaired) electrons. The van der Waals surface area contributed by atoms with Crippen molar-refractivity contribution in [1.29, 1.82) is 0 Å². The number of nitrogens with zero attached hydrogens (tertiary/aromatic N) is 2. The number of carbonyl (C=O) groups is 2. The second-order valence-electron chi connectivity index (χ2n) is 3.99. The molecule has 0 aliphatic heterocycles. The van der Waals surface area contributed by atoms with Crippen molar-refractivity contribution in [2.45, 2.75) is 32.6 Å². The molecule has 2 amide bonds. The van der Waals surface area contributed by atoms with Crippen molar-refractivity contribution in [3.05, 3.63) is 34.1 Å². The van der Waals surface area contributed by atoms with Crippen LogP contribution in [-0.2, 0) is 4.79 Å². The van der Waals surface area contributed by atoms with Gasteiger partial charge in [-0.3, -0.25) is 25.0 Å². The van der Waals surface area contributed by atoms with Crippen LogP contribution in [0.1, 0.15) is 43.1 Å². The predicted octanol–water partition coefficient (Wildman–Crippen LogP) is 1.83. The molecule has 0 aliphatic rings. The highest BCUT2D eigenvalue weighted by Gasteiger charge is 2.13. The van der Waals surface area contributed by atoms with E-state index in [9.17, 15) is 19.7 Å². The second-order valence-corrected chi connectivity index (χ2v) is 3.99. The largest absolute Gasteiger partial charge is 0.291 e. The quantitative estimate of drug-likeness (QED) is 0.480. The summed E-state index contributed by atoms with van der Waals surface area (Å²) < 4.78 is 0. The lowest BCUT2D eigenvalue weighted by molar-refractivity contribution is -0.385. The number of nitro groups is 1. The van der Waals surface area contributed by atoms with Gasteiger partial charge in [0, 0.05) is 12.5 Å². The summed E-state index contributed by atoms with van der Waals surface area (Å²) in [7, 11) is 0. The van der Waals surface area contributed by atoms with Gasteiger partial charge in [0.15, 0.2) is 0 Å². The molecule has 19 heavy (non-hydrogen) atoms. The number of imide groups is 1. The zero-order valence-electron chi connectivity index (χ0n) is 10.6. The third-order valence-electron chi connectivity index (χ3n) is 2.45. The number of hydrogen-bond donors (Lipinski definition) is 1. The Kier molecular flexibility index (Phi) is 5.59. The van der Waals surface area contributed by atoms with E-state index in [1.165, 1.54) is 12.1 Å². The standard InChI is InChI=1S/C12H15N3O4/c1-2-3-4-5-11(16)14-12(17)10-7-6-9(8-13-10)15(18)19/h6-8H,2-5H2,1H3,(H,14,16,17). The van der Waals surface area contributed by atoms with Crippen molar-refractivity contribution in [3.8, 4) is 0 Å². The first kappa shape index (κ1) is 14.7. The number of pyridine rings is 1. The van der Waals surface area contributed by atoms with Crippen LogP contribution in [0.5, 0.6) is 0 Å². The molecule has 1 N–H and O–H groups in total. The number of amides is 2. The van der Waals surface area contributed by atoms with Crippen LogP contribution in [0, 0.1) is 10.1 Å². The maximum atomic E-state index is 11.6. The van der Waals surface area contributed by atoms with Crippen molar-refractivity contribution in [3.63, 3.8) is 0 Å². The summed E-state index contributed by atoms with van der Waals surface area (Å²) >= 11 is 0. The van der Waals surface area contributed by atoms with Gasteiger partial charge in [0.25, 0.3) is 11.6 Å². The normalized spacial score (nSPS) is 9.95. The SMILES string of the molecule is CCCCCC(=O)NC(=O)c1ccc([N+](=O)[O-])cn1. The molecular weight excluding hydrogens is 250 g/mol. The zero-order valence-corrected chi connectivity index (χ0v) is 10.6. The topological polar surface area (TPSA) is 102 Å². The minimum absolute atomic E-state index is 0.0190. The molecule has 7 heteroatoms. The first-order chi connectivity index (χ1) is 9.04. The van der Waals surface area contributed by atoms with E-state index in [0.717, 1.165) is 25.5 Å². The Bertz CT molecular complexity index is 470. The number of aromatic nitrogens is 1. The maximum absolute atomic E-state index is 11.6. The molecule has 0 bridgehead atoms. The van der Waals surface area contributed by atoms with Crippen LogP contribution in [0.4, 0.5) is 5.69 Å². The average Bonchev–Trinajstić information content (AvgIpc) is 2.39. The fourth-order valence-electron chi connectivity index (χ4n) is 1.42. The summed E-state index contributed by atoms with van der Waals surface area (Å²) in [5.41, 5.74) is -0.222. The van der Waals surface area contributed by atoms with Crippen molar-refractivity contribution >= 4 is 17.5 Å². The lowest BCUT2D eigenvalue weighted by Crippen LogP contribution is -2.30. The summed E-state index contributed by atoms with van der Waals surface area (Å²) in [6.45, 7) is 2.02. The minimum atomic E-state index is -0.642. The molecule has 0 saturated carbocycles. The van der Waals surface area contributed by atoms with Crippen molar-refractivity contribution in [1.82, 2.24) is 10.3 Å². The van der Waals surface area contributed by atoms with Gasteiger partial charge in [-0.15, -0.1) is 0 Å². The number of nitrogens with one attached hydrogen (secondary N) is 1. The molecular formula is C12H15N3O4. The Hall–Kier alpha value is -2.31. The van der Waals surface area contributed by atoms with Crippen LogP contribution in [-0.4, -0.2) is 21.7 Å². The van der Waals surface area contributed by atoms with E-state index < -0.39 is 10.8 Å². The number of unbranched alkanes of at least 4 members (excludes halogenated alkanes) is 2. The highest BCUT2D eigenvalue weighted by molar-refractivity contribution is 6.03. The number of hydrogen-bond acceptors (Lipinski definition) is 5. The zero-order chi connectivity index (χ0) is 14.3. The molecule has 1 aromatic heterocycles. The van der Waals surface area contributed by atoms with E-state index >= 15 is 0 Å². The fourth-order valence-corrected chi connectivity index (χ4v) is 1.42. The van der Waals surface area contributed by atoms with Gasteiger partial charge in [0.1, 0.15) is 11.9 Å². The van der Waals surface area contributed by atoms with Gasteiger partial charge >= 0.3 is 0 Å². The molecule has 0 spiro atoms. The summed E-state index contributed by atoms with van der Waals surface area (Å²) in [6, 6.07) is 2.39. The van der Waals surface area contributed by atoms with Gasteiger partial charge in [0.2, 0.25) is 5.91 Å². The van der Waals surface area contributed by atoms with Crippen LogP contribution >= 0.6 is 0 Å². The van der Waals surface area contributed by atoms with E-state index in [2.05, 4.69) is 10.3 Å². The summed E-state index contributed by atoms with van der Waals surface area (Å²) in [4.78, 5) is 36.5. The Balaban J connectivity index is 2.53. The Labute approximate surface area is 110 Å². The molecule has 1 rings (SSSR count). The Morgan fingerprint density at radius 1 is 1.37 bits per heavy atom. The molecule has 7 nitrogen and oxygen atoms in total. The summed E-state index contributed by atoms with van der Waals surface area (Å²) in [5, 5.41) is 12.6. The first-order valence-electron chi connectivity index (χ1n) is 5.99. The van der Waals surface area contributed by atoms with E-state index in [-0.39, 0.29) is 23.7 Å². The van der Waals surface area contributed by atoms with Gasteiger partial charge < -0.3 is 0 Å².